The Bertz CT molecular complexity index is 517. The lowest BCUT2D eigenvalue weighted by Gasteiger charge is -2.14. The lowest BCUT2D eigenvalue weighted by molar-refractivity contribution is 0.102. The van der Waals surface area contributed by atoms with E-state index < -0.39 is 5.79 Å². The first-order valence-corrected chi connectivity index (χ1v) is 5.86. The summed E-state index contributed by atoms with van der Waals surface area (Å²) in [5.74, 6) is -0.693. The van der Waals surface area contributed by atoms with Crippen LogP contribution in [0.15, 0.2) is 24.4 Å². The van der Waals surface area contributed by atoms with Crippen LogP contribution in [-0.4, -0.2) is 14.3 Å². The van der Waals surface area contributed by atoms with Gasteiger partial charge in [0.05, 0.1) is 0 Å². The Morgan fingerprint density at radius 1 is 1.29 bits per heavy atom. The number of hydrogen-bond donors (Lipinski definition) is 0. The zero-order valence-electron chi connectivity index (χ0n) is 10.7. The van der Waals surface area contributed by atoms with Crippen LogP contribution in [-0.2, 0) is 12.2 Å². The highest BCUT2D eigenvalue weighted by atomic mass is 19.1. The predicted molar refractivity (Wildman–Crippen MR) is 66.1 cm³/mol. The smallest absolute Gasteiger partial charge is 0.196 e. The second-order valence-electron chi connectivity index (χ2n) is 4.68. The Hall–Kier alpha value is -1.58. The molecule has 0 saturated carbocycles. The topological polar surface area (TPSA) is 22.8 Å². The van der Waals surface area contributed by atoms with E-state index in [0.29, 0.717) is 0 Å². The van der Waals surface area contributed by atoms with Gasteiger partial charge in [0.25, 0.3) is 0 Å². The molecule has 0 N–H and O–H groups in total. The highest BCUT2D eigenvalue weighted by Gasteiger charge is 2.20. The highest BCUT2D eigenvalue weighted by Crippen LogP contribution is 2.20. The normalized spacial score (nSPS) is 12.1. The monoisotopic (exact) mass is 235 g/mol. The number of nitrogens with zero attached hydrogens (tertiary/aromatic N) is 3. The molecule has 2 heterocycles. The largest absolute Gasteiger partial charge is 0.301 e. The van der Waals surface area contributed by atoms with Gasteiger partial charge in [-0.1, -0.05) is 6.92 Å². The first-order chi connectivity index (χ1) is 7.93. The molecule has 0 amide bonds. The first kappa shape index (κ1) is 11.9. The molecule has 2 rings (SSSR count). The van der Waals surface area contributed by atoms with E-state index in [1.54, 1.807) is 6.20 Å². The van der Waals surface area contributed by atoms with Crippen molar-refractivity contribution in [3.05, 3.63) is 35.8 Å². The van der Waals surface area contributed by atoms with Crippen LogP contribution >= 0.6 is 0 Å². The maximum absolute atomic E-state index is 13.8. The minimum absolute atomic E-state index is 0.773. The summed E-state index contributed by atoms with van der Waals surface area (Å²) >= 11 is 0. The van der Waals surface area contributed by atoms with Crippen molar-refractivity contribution < 1.29 is 4.39 Å². The number of alkyl halides is 1. The van der Waals surface area contributed by atoms with Gasteiger partial charge in [-0.25, -0.2) is 9.07 Å². The van der Waals surface area contributed by atoms with Gasteiger partial charge in [-0.15, -0.1) is 0 Å². The first-order valence-electron chi connectivity index (χ1n) is 5.86. The molecule has 0 radical (unpaired) electrons. The van der Waals surface area contributed by atoms with Crippen molar-refractivity contribution in [2.24, 2.45) is 0 Å². The van der Waals surface area contributed by atoms with Crippen LogP contribution in [0, 0.1) is 6.92 Å². The van der Waals surface area contributed by atoms with Crippen molar-refractivity contribution in [1.29, 1.82) is 0 Å². The summed E-state index contributed by atoms with van der Waals surface area (Å²) in [6.45, 7) is 7.11. The Labute approximate surface area is 101 Å². The summed E-state index contributed by atoms with van der Waals surface area (Å²) in [6, 6.07) is 5.97. The molecule has 0 spiro atoms. The van der Waals surface area contributed by atoms with E-state index in [9.17, 15) is 4.39 Å². The number of aryl methyl sites for hydroxylation is 2. The van der Waals surface area contributed by atoms with Crippen molar-refractivity contribution in [3.8, 4) is 5.82 Å². The fraction of sp³-hybridized carbons (Fsp3) is 0.462. The summed E-state index contributed by atoms with van der Waals surface area (Å²) in [4.78, 5) is 0. The van der Waals surface area contributed by atoms with E-state index in [1.165, 1.54) is 24.2 Å². The van der Waals surface area contributed by atoms with Gasteiger partial charge < -0.3 is 4.57 Å². The van der Waals surface area contributed by atoms with Crippen molar-refractivity contribution >= 4 is 0 Å². The summed E-state index contributed by atoms with van der Waals surface area (Å²) < 4.78 is 17.2. The third-order valence-corrected chi connectivity index (χ3v) is 2.87. The average Bonchev–Trinajstić information content (AvgIpc) is 2.82. The summed E-state index contributed by atoms with van der Waals surface area (Å²) in [6.07, 6.45) is 2.61. The molecule has 17 heavy (non-hydrogen) atoms. The Balaban J connectivity index is 2.47. The predicted octanol–water partition coefficient (Wildman–Crippen LogP) is 3.21. The highest BCUT2D eigenvalue weighted by molar-refractivity contribution is 5.31. The van der Waals surface area contributed by atoms with E-state index in [-0.39, 0.29) is 0 Å². The Kier molecular flexibility index (Phi) is 2.81. The molecule has 4 heteroatoms. The van der Waals surface area contributed by atoms with Gasteiger partial charge in [0.1, 0.15) is 0 Å². The molecule has 0 unspecified atom stereocenters. The molecule has 92 valence electrons. The lowest BCUT2D eigenvalue weighted by Crippen LogP contribution is -2.20. The van der Waals surface area contributed by atoms with E-state index in [2.05, 4.69) is 28.7 Å². The number of halogens is 1. The maximum Gasteiger partial charge on any atom is 0.196 e. The molecule has 0 aliphatic rings. The SMILES string of the molecule is CCc1ccc(C)n1-c1ccn(C(C)(C)F)n1. The van der Waals surface area contributed by atoms with Gasteiger partial charge in [-0.3, -0.25) is 0 Å². The molecule has 2 aromatic heterocycles. The van der Waals surface area contributed by atoms with E-state index in [4.69, 9.17) is 0 Å². The van der Waals surface area contributed by atoms with Crippen molar-refractivity contribution in [2.75, 3.05) is 0 Å². The molecule has 0 atom stereocenters. The summed E-state index contributed by atoms with van der Waals surface area (Å²) in [5.41, 5.74) is 2.30. The standard InChI is InChI=1S/C13H18FN3/c1-5-11-7-6-10(2)17(11)12-8-9-16(15-12)13(3,4)14/h6-9H,5H2,1-4H3. The molecule has 0 aliphatic carbocycles. The van der Waals surface area contributed by atoms with E-state index >= 15 is 0 Å². The fourth-order valence-electron chi connectivity index (χ4n) is 1.93. The molecule has 0 saturated heterocycles. The van der Waals surface area contributed by atoms with Gasteiger partial charge in [0.15, 0.2) is 11.6 Å². The average molecular weight is 235 g/mol. The lowest BCUT2D eigenvalue weighted by atomic mass is 10.3. The van der Waals surface area contributed by atoms with Crippen LogP contribution in [0.5, 0.6) is 0 Å². The fourth-order valence-corrected chi connectivity index (χ4v) is 1.93. The third-order valence-electron chi connectivity index (χ3n) is 2.87. The van der Waals surface area contributed by atoms with Gasteiger partial charge in [0, 0.05) is 23.7 Å². The van der Waals surface area contributed by atoms with Crippen LogP contribution in [0.25, 0.3) is 5.82 Å². The Morgan fingerprint density at radius 2 is 2.00 bits per heavy atom. The quantitative estimate of drug-likeness (QED) is 0.801. The molecular weight excluding hydrogens is 217 g/mol. The molecule has 0 aliphatic heterocycles. The number of hydrogen-bond acceptors (Lipinski definition) is 1. The zero-order chi connectivity index (χ0) is 12.6. The van der Waals surface area contributed by atoms with E-state index in [0.717, 1.165) is 17.9 Å². The zero-order valence-corrected chi connectivity index (χ0v) is 10.7. The minimum Gasteiger partial charge on any atom is -0.301 e. The summed E-state index contributed by atoms with van der Waals surface area (Å²) in [5, 5.41) is 4.30. The maximum atomic E-state index is 13.8. The van der Waals surface area contributed by atoms with Crippen LogP contribution in [0.1, 0.15) is 32.2 Å². The molecule has 0 aromatic carbocycles. The second kappa shape index (κ2) is 4.02. The van der Waals surface area contributed by atoms with Gasteiger partial charge >= 0.3 is 0 Å². The minimum atomic E-state index is -1.47. The van der Waals surface area contributed by atoms with Gasteiger partial charge in [0.2, 0.25) is 0 Å². The Morgan fingerprint density at radius 3 is 2.53 bits per heavy atom. The van der Waals surface area contributed by atoms with Crippen LogP contribution in [0.2, 0.25) is 0 Å². The molecule has 0 fully saturated rings. The van der Waals surface area contributed by atoms with Crippen LogP contribution in [0.3, 0.4) is 0 Å². The summed E-state index contributed by atoms with van der Waals surface area (Å²) in [7, 11) is 0. The van der Waals surface area contributed by atoms with Gasteiger partial charge in [-0.05, 0) is 39.3 Å². The molecule has 3 nitrogen and oxygen atoms in total. The third kappa shape index (κ3) is 2.12. The van der Waals surface area contributed by atoms with Crippen LogP contribution in [0.4, 0.5) is 4.39 Å². The number of rotatable bonds is 3. The van der Waals surface area contributed by atoms with Crippen molar-refractivity contribution in [1.82, 2.24) is 14.3 Å². The van der Waals surface area contributed by atoms with Crippen molar-refractivity contribution in [2.45, 2.75) is 39.9 Å². The molecule has 2 aromatic rings. The van der Waals surface area contributed by atoms with Gasteiger partial charge in [-0.2, -0.15) is 5.10 Å². The van der Waals surface area contributed by atoms with Crippen LogP contribution < -0.4 is 0 Å². The van der Waals surface area contributed by atoms with Crippen molar-refractivity contribution in [3.63, 3.8) is 0 Å². The van der Waals surface area contributed by atoms with E-state index in [1.807, 2.05) is 13.0 Å². The number of aromatic nitrogens is 3. The second-order valence-corrected chi connectivity index (χ2v) is 4.68. The molecule has 0 bridgehead atoms. The molecular formula is C13H18FN3.